The van der Waals surface area contributed by atoms with E-state index in [1.807, 2.05) is 18.2 Å². The van der Waals surface area contributed by atoms with Crippen molar-refractivity contribution in [2.24, 2.45) is 5.92 Å². The monoisotopic (exact) mass is 487 g/mol. The molecule has 0 spiro atoms. The standard InChI is InChI=1S/C24H30BrN3O3/c1-31-14-6-12-26-24(30)21-10-2-3-11-22(21)27-23(29)19-8-5-13-28(17-19)16-18-7-4-9-20(25)15-18/h2-4,7,9-11,15,19H,5-6,8,12-14,16-17H2,1H3,(H,26,30)(H,27,29). The van der Waals surface area contributed by atoms with Crippen LogP contribution in [-0.4, -0.2) is 50.1 Å². The second kappa shape index (κ2) is 12.0. The van der Waals surface area contributed by atoms with Crippen molar-refractivity contribution >= 4 is 33.4 Å². The lowest BCUT2D eigenvalue weighted by Crippen LogP contribution is -2.40. The molecule has 0 saturated carbocycles. The number of halogens is 1. The van der Waals surface area contributed by atoms with E-state index < -0.39 is 0 Å². The summed E-state index contributed by atoms with van der Waals surface area (Å²) in [4.78, 5) is 27.9. The number of carbonyl (C=O) groups is 2. The molecule has 2 N–H and O–H groups in total. The summed E-state index contributed by atoms with van der Waals surface area (Å²) in [5.41, 5.74) is 2.27. The molecule has 166 valence electrons. The van der Waals surface area contributed by atoms with Gasteiger partial charge in [-0.3, -0.25) is 14.5 Å². The first-order valence-corrected chi connectivity index (χ1v) is 11.5. The van der Waals surface area contributed by atoms with Gasteiger partial charge in [0.25, 0.3) is 5.91 Å². The lowest BCUT2D eigenvalue weighted by atomic mass is 9.96. The summed E-state index contributed by atoms with van der Waals surface area (Å²) in [6, 6.07) is 15.4. The zero-order chi connectivity index (χ0) is 22.1. The predicted octanol–water partition coefficient (Wildman–Crippen LogP) is 4.07. The quantitative estimate of drug-likeness (QED) is 0.523. The number of ether oxygens (including phenoxy) is 1. The molecule has 3 rings (SSSR count). The summed E-state index contributed by atoms with van der Waals surface area (Å²) in [6.45, 7) is 3.64. The van der Waals surface area contributed by atoms with E-state index in [4.69, 9.17) is 4.74 Å². The van der Waals surface area contributed by atoms with Crippen LogP contribution in [0.2, 0.25) is 0 Å². The van der Waals surface area contributed by atoms with E-state index in [0.29, 0.717) is 30.9 Å². The van der Waals surface area contributed by atoms with E-state index in [0.717, 1.165) is 36.8 Å². The first kappa shape index (κ1) is 23.4. The van der Waals surface area contributed by atoms with Crippen LogP contribution in [0.25, 0.3) is 0 Å². The van der Waals surface area contributed by atoms with Crippen LogP contribution in [0.3, 0.4) is 0 Å². The van der Waals surface area contributed by atoms with Crippen LogP contribution in [-0.2, 0) is 16.1 Å². The van der Waals surface area contributed by atoms with Crippen LogP contribution in [0.5, 0.6) is 0 Å². The van der Waals surface area contributed by atoms with Crippen LogP contribution in [0.1, 0.15) is 35.2 Å². The number of nitrogens with one attached hydrogen (secondary N) is 2. The zero-order valence-corrected chi connectivity index (χ0v) is 19.5. The van der Waals surface area contributed by atoms with Crippen LogP contribution >= 0.6 is 15.9 Å². The highest BCUT2D eigenvalue weighted by Crippen LogP contribution is 2.23. The Labute approximate surface area is 192 Å². The number of anilines is 1. The number of rotatable bonds is 9. The van der Waals surface area contributed by atoms with Gasteiger partial charge >= 0.3 is 0 Å². The van der Waals surface area contributed by atoms with Gasteiger partial charge in [0.1, 0.15) is 0 Å². The van der Waals surface area contributed by atoms with E-state index in [2.05, 4.69) is 43.6 Å². The summed E-state index contributed by atoms with van der Waals surface area (Å²) in [7, 11) is 1.64. The number of carbonyl (C=O) groups excluding carboxylic acids is 2. The van der Waals surface area contributed by atoms with Crippen molar-refractivity contribution in [3.63, 3.8) is 0 Å². The Balaban J connectivity index is 1.59. The largest absolute Gasteiger partial charge is 0.385 e. The average molecular weight is 488 g/mol. The van der Waals surface area contributed by atoms with Gasteiger partial charge in [-0.1, -0.05) is 40.2 Å². The van der Waals surface area contributed by atoms with Gasteiger partial charge in [0.2, 0.25) is 5.91 Å². The van der Waals surface area contributed by atoms with Gasteiger partial charge in [-0.25, -0.2) is 0 Å². The number of benzene rings is 2. The minimum Gasteiger partial charge on any atom is -0.385 e. The van der Waals surface area contributed by atoms with Crippen molar-refractivity contribution in [3.05, 3.63) is 64.1 Å². The van der Waals surface area contributed by atoms with E-state index in [9.17, 15) is 9.59 Å². The Morgan fingerprint density at radius 3 is 2.84 bits per heavy atom. The molecule has 1 atom stereocenters. The lowest BCUT2D eigenvalue weighted by Gasteiger charge is -2.32. The number of hydrogen-bond acceptors (Lipinski definition) is 4. The third-order valence-electron chi connectivity index (χ3n) is 5.41. The number of likely N-dealkylation sites (tertiary alicyclic amines) is 1. The molecule has 1 saturated heterocycles. The molecule has 6 nitrogen and oxygen atoms in total. The fourth-order valence-electron chi connectivity index (χ4n) is 3.85. The molecular weight excluding hydrogens is 458 g/mol. The minimum absolute atomic E-state index is 0.0291. The number of para-hydroxylation sites is 1. The molecule has 2 aromatic rings. The normalized spacial score (nSPS) is 16.6. The summed E-state index contributed by atoms with van der Waals surface area (Å²) in [5, 5.41) is 5.88. The van der Waals surface area contributed by atoms with Crippen LogP contribution < -0.4 is 10.6 Å². The SMILES string of the molecule is COCCCNC(=O)c1ccccc1NC(=O)C1CCCN(Cc2cccc(Br)c2)C1. The van der Waals surface area contributed by atoms with Gasteiger partial charge in [-0.2, -0.15) is 0 Å². The summed E-state index contributed by atoms with van der Waals surface area (Å²) < 4.78 is 6.07. The second-order valence-corrected chi connectivity index (χ2v) is 8.76. The van der Waals surface area contributed by atoms with Crippen molar-refractivity contribution in [2.75, 3.05) is 38.7 Å². The average Bonchev–Trinajstić information content (AvgIpc) is 2.77. The summed E-state index contributed by atoms with van der Waals surface area (Å²) >= 11 is 3.52. The van der Waals surface area contributed by atoms with Gasteiger partial charge in [0.15, 0.2) is 0 Å². The Morgan fingerprint density at radius 1 is 1.19 bits per heavy atom. The predicted molar refractivity (Wildman–Crippen MR) is 126 cm³/mol. The first-order chi connectivity index (χ1) is 15.1. The Bertz CT molecular complexity index is 890. The van der Waals surface area contributed by atoms with E-state index in [1.165, 1.54) is 5.56 Å². The smallest absolute Gasteiger partial charge is 0.253 e. The highest BCUT2D eigenvalue weighted by molar-refractivity contribution is 9.10. The molecule has 1 heterocycles. The van der Waals surface area contributed by atoms with Gasteiger partial charge < -0.3 is 15.4 Å². The molecule has 0 aliphatic carbocycles. The number of piperidine rings is 1. The molecule has 0 bridgehead atoms. The second-order valence-electron chi connectivity index (χ2n) is 7.84. The van der Waals surface area contributed by atoms with E-state index in [-0.39, 0.29) is 17.7 Å². The van der Waals surface area contributed by atoms with Crippen molar-refractivity contribution in [2.45, 2.75) is 25.8 Å². The zero-order valence-electron chi connectivity index (χ0n) is 17.9. The van der Waals surface area contributed by atoms with Crippen LogP contribution in [0, 0.1) is 5.92 Å². The third kappa shape index (κ3) is 7.16. The third-order valence-corrected chi connectivity index (χ3v) is 5.91. The maximum Gasteiger partial charge on any atom is 0.253 e. The van der Waals surface area contributed by atoms with Crippen molar-refractivity contribution in [3.8, 4) is 0 Å². The fraction of sp³-hybridized carbons (Fsp3) is 0.417. The van der Waals surface area contributed by atoms with Crippen LogP contribution in [0.15, 0.2) is 53.0 Å². The molecule has 31 heavy (non-hydrogen) atoms. The molecule has 0 radical (unpaired) electrons. The van der Waals surface area contributed by atoms with E-state index >= 15 is 0 Å². The molecule has 7 heteroatoms. The first-order valence-electron chi connectivity index (χ1n) is 10.7. The van der Waals surface area contributed by atoms with Gasteiger partial charge in [0.05, 0.1) is 17.2 Å². The van der Waals surface area contributed by atoms with Gasteiger partial charge in [0, 0.05) is 37.8 Å². The molecular formula is C24H30BrN3O3. The van der Waals surface area contributed by atoms with E-state index in [1.54, 1.807) is 25.3 Å². The topological polar surface area (TPSA) is 70.7 Å². The highest BCUT2D eigenvalue weighted by atomic mass is 79.9. The van der Waals surface area contributed by atoms with Gasteiger partial charge in [-0.05, 0) is 55.6 Å². The number of nitrogens with zero attached hydrogens (tertiary/aromatic N) is 1. The molecule has 1 aliphatic rings. The molecule has 2 amide bonds. The number of amides is 2. The molecule has 1 aliphatic heterocycles. The van der Waals surface area contributed by atoms with Crippen molar-refractivity contribution in [1.82, 2.24) is 10.2 Å². The number of methoxy groups -OCH3 is 1. The molecule has 2 aromatic carbocycles. The highest BCUT2D eigenvalue weighted by Gasteiger charge is 2.26. The maximum atomic E-state index is 13.0. The van der Waals surface area contributed by atoms with Crippen LogP contribution in [0.4, 0.5) is 5.69 Å². The Morgan fingerprint density at radius 2 is 2.03 bits per heavy atom. The Kier molecular flexibility index (Phi) is 9.06. The summed E-state index contributed by atoms with van der Waals surface area (Å²) in [5.74, 6) is -0.316. The number of hydrogen-bond donors (Lipinski definition) is 2. The molecule has 0 aromatic heterocycles. The fourth-order valence-corrected chi connectivity index (χ4v) is 4.29. The lowest BCUT2D eigenvalue weighted by molar-refractivity contribution is -0.121. The molecule has 1 unspecified atom stereocenters. The Hall–Kier alpha value is -2.22. The molecule has 1 fully saturated rings. The van der Waals surface area contributed by atoms with Crippen molar-refractivity contribution in [1.29, 1.82) is 0 Å². The van der Waals surface area contributed by atoms with Gasteiger partial charge in [-0.15, -0.1) is 0 Å². The minimum atomic E-state index is -0.188. The maximum absolute atomic E-state index is 13.0. The van der Waals surface area contributed by atoms with Crippen molar-refractivity contribution < 1.29 is 14.3 Å². The summed E-state index contributed by atoms with van der Waals surface area (Å²) in [6.07, 6.45) is 2.58.